The highest BCUT2D eigenvalue weighted by Gasteiger charge is 2.00. The summed E-state index contributed by atoms with van der Waals surface area (Å²) in [4.78, 5) is 2.37. The highest BCUT2D eigenvalue weighted by Crippen LogP contribution is 2.06. The van der Waals surface area contributed by atoms with Crippen LogP contribution >= 0.6 is 0 Å². The fourth-order valence-electron chi connectivity index (χ4n) is 1.27. The molecule has 0 amide bonds. The molecular weight excluding hydrogens is 134 g/mol. The molecule has 0 atom stereocenters. The van der Waals surface area contributed by atoms with Crippen LogP contribution in [0.5, 0.6) is 0 Å². The summed E-state index contributed by atoms with van der Waals surface area (Å²) in [7, 11) is 0. The molecule has 0 N–H and O–H groups in total. The summed E-state index contributed by atoms with van der Waals surface area (Å²) >= 11 is 0. The van der Waals surface area contributed by atoms with Gasteiger partial charge in [0.1, 0.15) is 0 Å². The SMILES string of the molecule is CCCCN1C=C(C)C=CC1. The van der Waals surface area contributed by atoms with Gasteiger partial charge in [-0.25, -0.2) is 0 Å². The van der Waals surface area contributed by atoms with Gasteiger partial charge in [-0.2, -0.15) is 0 Å². The Morgan fingerprint density at radius 2 is 2.36 bits per heavy atom. The van der Waals surface area contributed by atoms with Gasteiger partial charge in [-0.15, -0.1) is 0 Å². The van der Waals surface area contributed by atoms with Gasteiger partial charge in [0, 0.05) is 19.3 Å². The molecule has 62 valence electrons. The van der Waals surface area contributed by atoms with Crippen molar-refractivity contribution in [3.63, 3.8) is 0 Å². The lowest BCUT2D eigenvalue weighted by molar-refractivity contribution is 0.398. The average Bonchev–Trinajstić information content (AvgIpc) is 2.01. The standard InChI is InChI=1S/C10H17N/c1-3-4-7-11-8-5-6-10(2)9-11/h5-6,9H,3-4,7-8H2,1-2H3. The van der Waals surface area contributed by atoms with Crippen molar-refractivity contribution < 1.29 is 0 Å². The normalized spacial score (nSPS) is 16.9. The Morgan fingerprint density at radius 1 is 1.55 bits per heavy atom. The molecule has 0 aromatic heterocycles. The van der Waals surface area contributed by atoms with E-state index in [0.717, 1.165) is 6.54 Å². The molecule has 1 nitrogen and oxygen atoms in total. The molecule has 1 heterocycles. The van der Waals surface area contributed by atoms with Gasteiger partial charge < -0.3 is 4.90 Å². The Kier molecular flexibility index (Phi) is 3.21. The van der Waals surface area contributed by atoms with Crippen molar-refractivity contribution in [3.05, 3.63) is 23.9 Å². The van der Waals surface area contributed by atoms with Crippen molar-refractivity contribution in [1.29, 1.82) is 0 Å². The number of allylic oxidation sites excluding steroid dienone is 2. The quantitative estimate of drug-likeness (QED) is 0.599. The van der Waals surface area contributed by atoms with Gasteiger partial charge in [0.05, 0.1) is 0 Å². The molecule has 0 aromatic carbocycles. The van der Waals surface area contributed by atoms with Crippen LogP contribution < -0.4 is 0 Å². The Labute approximate surface area is 69.4 Å². The second-order valence-corrected chi connectivity index (χ2v) is 3.12. The van der Waals surface area contributed by atoms with Gasteiger partial charge in [-0.1, -0.05) is 25.5 Å². The first-order valence-electron chi connectivity index (χ1n) is 4.42. The highest BCUT2D eigenvalue weighted by molar-refractivity contribution is 5.19. The van der Waals surface area contributed by atoms with Crippen LogP contribution in [0.15, 0.2) is 23.9 Å². The zero-order valence-electron chi connectivity index (χ0n) is 7.51. The molecule has 0 fully saturated rings. The molecule has 0 aliphatic carbocycles. The van der Waals surface area contributed by atoms with E-state index in [9.17, 15) is 0 Å². The predicted molar refractivity (Wildman–Crippen MR) is 49.4 cm³/mol. The van der Waals surface area contributed by atoms with Crippen LogP contribution in [0, 0.1) is 0 Å². The molecule has 0 bridgehead atoms. The molecular formula is C10H17N. The fourth-order valence-corrected chi connectivity index (χ4v) is 1.27. The first-order valence-corrected chi connectivity index (χ1v) is 4.42. The Hall–Kier alpha value is -0.720. The third kappa shape index (κ3) is 2.79. The van der Waals surface area contributed by atoms with Crippen LogP contribution in [-0.4, -0.2) is 18.0 Å². The first-order chi connectivity index (χ1) is 5.33. The smallest absolute Gasteiger partial charge is 0.0357 e. The van der Waals surface area contributed by atoms with Gasteiger partial charge in [0.25, 0.3) is 0 Å². The summed E-state index contributed by atoms with van der Waals surface area (Å²) < 4.78 is 0. The molecule has 0 unspecified atom stereocenters. The average molecular weight is 151 g/mol. The molecule has 1 heteroatoms. The van der Waals surface area contributed by atoms with Crippen molar-refractivity contribution in [2.24, 2.45) is 0 Å². The Morgan fingerprint density at radius 3 is 3.00 bits per heavy atom. The molecule has 0 aromatic rings. The van der Waals surface area contributed by atoms with E-state index in [1.165, 1.54) is 25.0 Å². The van der Waals surface area contributed by atoms with E-state index in [2.05, 4.69) is 37.1 Å². The molecule has 1 aliphatic heterocycles. The number of nitrogens with zero attached hydrogens (tertiary/aromatic N) is 1. The summed E-state index contributed by atoms with van der Waals surface area (Å²) in [6.07, 6.45) is 9.24. The van der Waals surface area contributed by atoms with Crippen molar-refractivity contribution >= 4 is 0 Å². The topological polar surface area (TPSA) is 3.24 Å². The van der Waals surface area contributed by atoms with E-state index in [1.54, 1.807) is 0 Å². The van der Waals surface area contributed by atoms with Crippen LogP contribution in [0.1, 0.15) is 26.7 Å². The van der Waals surface area contributed by atoms with Crippen molar-refractivity contribution in [3.8, 4) is 0 Å². The zero-order chi connectivity index (χ0) is 8.10. The maximum atomic E-state index is 2.37. The van der Waals surface area contributed by atoms with Crippen LogP contribution in [0.25, 0.3) is 0 Å². The maximum absolute atomic E-state index is 2.37. The van der Waals surface area contributed by atoms with E-state index in [1.807, 2.05) is 0 Å². The van der Waals surface area contributed by atoms with E-state index in [4.69, 9.17) is 0 Å². The molecule has 0 radical (unpaired) electrons. The molecule has 0 spiro atoms. The summed E-state index contributed by atoms with van der Waals surface area (Å²) in [5.74, 6) is 0. The van der Waals surface area contributed by atoms with Gasteiger partial charge in [0.2, 0.25) is 0 Å². The molecule has 11 heavy (non-hydrogen) atoms. The van der Waals surface area contributed by atoms with E-state index < -0.39 is 0 Å². The number of hydrogen-bond donors (Lipinski definition) is 0. The largest absolute Gasteiger partial charge is 0.373 e. The van der Waals surface area contributed by atoms with Crippen molar-refractivity contribution in [2.75, 3.05) is 13.1 Å². The lowest BCUT2D eigenvalue weighted by atomic mass is 10.2. The fraction of sp³-hybridized carbons (Fsp3) is 0.600. The molecule has 1 aliphatic rings. The minimum atomic E-state index is 1.09. The second kappa shape index (κ2) is 4.22. The summed E-state index contributed by atoms with van der Waals surface area (Å²) in [6, 6.07) is 0. The molecule has 0 saturated carbocycles. The monoisotopic (exact) mass is 151 g/mol. The first kappa shape index (κ1) is 8.38. The number of rotatable bonds is 3. The van der Waals surface area contributed by atoms with Crippen molar-refractivity contribution in [2.45, 2.75) is 26.7 Å². The van der Waals surface area contributed by atoms with E-state index >= 15 is 0 Å². The summed E-state index contributed by atoms with van der Waals surface area (Å²) in [5.41, 5.74) is 1.37. The summed E-state index contributed by atoms with van der Waals surface area (Å²) in [6.45, 7) is 6.68. The zero-order valence-corrected chi connectivity index (χ0v) is 7.51. The van der Waals surface area contributed by atoms with Gasteiger partial charge >= 0.3 is 0 Å². The highest BCUT2D eigenvalue weighted by atomic mass is 15.1. The lowest BCUT2D eigenvalue weighted by Crippen LogP contribution is -2.20. The Bertz CT molecular complexity index is 168. The van der Waals surface area contributed by atoms with Crippen LogP contribution in [0.4, 0.5) is 0 Å². The third-order valence-electron chi connectivity index (χ3n) is 1.91. The minimum absolute atomic E-state index is 1.09. The third-order valence-corrected chi connectivity index (χ3v) is 1.91. The Balaban J connectivity index is 2.31. The lowest BCUT2D eigenvalue weighted by Gasteiger charge is -2.21. The van der Waals surface area contributed by atoms with Gasteiger partial charge in [-0.05, 0) is 18.9 Å². The molecule has 0 saturated heterocycles. The summed E-state index contributed by atoms with van der Waals surface area (Å²) in [5, 5.41) is 0. The number of unbranched alkanes of at least 4 members (excludes halogenated alkanes) is 1. The van der Waals surface area contributed by atoms with Crippen LogP contribution in [0.3, 0.4) is 0 Å². The number of hydrogen-bond acceptors (Lipinski definition) is 1. The second-order valence-electron chi connectivity index (χ2n) is 3.12. The maximum Gasteiger partial charge on any atom is 0.0357 e. The van der Waals surface area contributed by atoms with E-state index in [0.29, 0.717) is 0 Å². The van der Waals surface area contributed by atoms with Gasteiger partial charge in [-0.3, -0.25) is 0 Å². The van der Waals surface area contributed by atoms with Gasteiger partial charge in [0.15, 0.2) is 0 Å². The van der Waals surface area contributed by atoms with Crippen molar-refractivity contribution in [1.82, 2.24) is 4.90 Å². The predicted octanol–water partition coefficient (Wildman–Crippen LogP) is 2.56. The van der Waals surface area contributed by atoms with Crippen LogP contribution in [0.2, 0.25) is 0 Å². The van der Waals surface area contributed by atoms with Crippen LogP contribution in [-0.2, 0) is 0 Å². The van der Waals surface area contributed by atoms with E-state index in [-0.39, 0.29) is 0 Å². The minimum Gasteiger partial charge on any atom is -0.373 e. The molecule has 1 rings (SSSR count).